The zero-order valence-electron chi connectivity index (χ0n) is 16.9. The number of ether oxygens (including phenoxy) is 1. The second kappa shape index (κ2) is 8.92. The predicted octanol–water partition coefficient (Wildman–Crippen LogP) is 4.50. The van der Waals surface area contributed by atoms with Crippen molar-refractivity contribution in [3.63, 3.8) is 0 Å². The van der Waals surface area contributed by atoms with E-state index in [1.807, 2.05) is 62.4 Å². The van der Waals surface area contributed by atoms with Crippen molar-refractivity contribution in [2.75, 3.05) is 26.1 Å². The molecule has 150 valence electrons. The second-order valence-electron chi connectivity index (χ2n) is 6.90. The fourth-order valence-electron chi connectivity index (χ4n) is 2.70. The smallest absolute Gasteiger partial charge is 0.259 e. The van der Waals surface area contributed by atoms with Crippen LogP contribution in [0.3, 0.4) is 0 Å². The zero-order valence-corrected chi connectivity index (χ0v) is 17.6. The van der Waals surface area contributed by atoms with Crippen molar-refractivity contribution in [2.24, 2.45) is 5.10 Å². The average Bonchev–Trinajstić information content (AvgIpc) is 2.71. The Morgan fingerprint density at radius 2 is 1.90 bits per heavy atom. The summed E-state index contributed by atoms with van der Waals surface area (Å²) in [7, 11) is 3.39. The minimum atomic E-state index is -0.0866. The van der Waals surface area contributed by atoms with Gasteiger partial charge in [0.05, 0.1) is 11.2 Å². The van der Waals surface area contributed by atoms with Gasteiger partial charge in [0.2, 0.25) is 0 Å². The van der Waals surface area contributed by atoms with E-state index in [-0.39, 0.29) is 12.5 Å². The summed E-state index contributed by atoms with van der Waals surface area (Å²) in [6, 6.07) is 15.0. The first-order chi connectivity index (χ1) is 13.8. The first-order valence-electron chi connectivity index (χ1n) is 9.14. The molecule has 0 atom stereocenters. The fraction of sp³-hybridized carbons (Fsp3) is 0.227. The van der Waals surface area contributed by atoms with Gasteiger partial charge in [-0.2, -0.15) is 5.10 Å². The maximum absolute atomic E-state index is 11.6. The van der Waals surface area contributed by atoms with Gasteiger partial charge in [-0.25, -0.2) is 4.98 Å². The van der Waals surface area contributed by atoms with Gasteiger partial charge in [0, 0.05) is 24.5 Å². The number of hydrogen-bond acceptors (Lipinski definition) is 5. The Hall–Kier alpha value is -3.12. The van der Waals surface area contributed by atoms with E-state index in [2.05, 4.69) is 15.5 Å². The highest BCUT2D eigenvalue weighted by Gasteiger charge is 2.06. The molecule has 0 aliphatic heterocycles. The van der Waals surface area contributed by atoms with Crippen LogP contribution in [0.2, 0.25) is 5.02 Å². The van der Waals surface area contributed by atoms with Crippen LogP contribution in [0.5, 0.6) is 5.75 Å². The summed E-state index contributed by atoms with van der Waals surface area (Å²) in [5, 5.41) is 6.14. The SMILES string of the molecule is C/C(=N\Nc1cc(C)c2cc(Cl)ccc2n1)c1ccc(OCC(=O)N(C)C)cc1. The van der Waals surface area contributed by atoms with E-state index in [0.29, 0.717) is 16.6 Å². The summed E-state index contributed by atoms with van der Waals surface area (Å²) in [5.41, 5.74) is 6.69. The van der Waals surface area contributed by atoms with Crippen molar-refractivity contribution in [2.45, 2.75) is 13.8 Å². The van der Waals surface area contributed by atoms with E-state index >= 15 is 0 Å². The van der Waals surface area contributed by atoms with Crippen molar-refractivity contribution in [1.82, 2.24) is 9.88 Å². The molecule has 0 saturated heterocycles. The molecule has 7 heteroatoms. The van der Waals surface area contributed by atoms with E-state index in [4.69, 9.17) is 16.3 Å². The topological polar surface area (TPSA) is 66.8 Å². The number of carbonyl (C=O) groups excluding carboxylic acids is 1. The van der Waals surface area contributed by atoms with Crippen LogP contribution in [0.1, 0.15) is 18.1 Å². The van der Waals surface area contributed by atoms with Gasteiger partial charge >= 0.3 is 0 Å². The molecule has 1 amide bonds. The molecular formula is C22H23ClN4O2. The number of aromatic nitrogens is 1. The number of fused-ring (bicyclic) bond motifs is 1. The Balaban J connectivity index is 1.69. The standard InChI is InChI=1S/C22H23ClN4O2/c1-14-11-21(24-20-10-7-17(23)12-19(14)20)26-25-15(2)16-5-8-18(9-6-16)29-13-22(28)27(3)4/h5-12H,13H2,1-4H3,(H,24,26)/b25-15+. The van der Waals surface area contributed by atoms with Gasteiger partial charge in [0.25, 0.3) is 5.91 Å². The number of likely N-dealkylation sites (N-methyl/N-ethyl adjacent to an activating group) is 1. The number of halogens is 1. The first-order valence-corrected chi connectivity index (χ1v) is 9.52. The van der Waals surface area contributed by atoms with Gasteiger partial charge < -0.3 is 9.64 Å². The third-order valence-corrected chi connectivity index (χ3v) is 4.68. The molecular weight excluding hydrogens is 388 g/mol. The predicted molar refractivity (Wildman–Crippen MR) is 118 cm³/mol. The molecule has 1 aromatic heterocycles. The lowest BCUT2D eigenvalue weighted by Gasteiger charge is -2.11. The van der Waals surface area contributed by atoms with Crippen LogP contribution in [-0.4, -0.2) is 42.2 Å². The number of pyridine rings is 1. The highest BCUT2D eigenvalue weighted by Crippen LogP contribution is 2.23. The van der Waals surface area contributed by atoms with Crippen LogP contribution < -0.4 is 10.2 Å². The van der Waals surface area contributed by atoms with Crippen molar-refractivity contribution in [3.8, 4) is 5.75 Å². The monoisotopic (exact) mass is 410 g/mol. The van der Waals surface area contributed by atoms with E-state index < -0.39 is 0 Å². The van der Waals surface area contributed by atoms with Crippen LogP contribution >= 0.6 is 11.6 Å². The zero-order chi connectivity index (χ0) is 21.0. The van der Waals surface area contributed by atoms with Gasteiger partial charge in [-0.1, -0.05) is 11.6 Å². The third kappa shape index (κ3) is 5.23. The number of carbonyl (C=O) groups is 1. The summed E-state index contributed by atoms with van der Waals surface area (Å²) >= 11 is 6.07. The van der Waals surface area contributed by atoms with Crippen LogP contribution in [0, 0.1) is 6.92 Å². The normalized spacial score (nSPS) is 11.4. The molecule has 0 bridgehead atoms. The van der Waals surface area contributed by atoms with Crippen molar-refractivity contribution < 1.29 is 9.53 Å². The highest BCUT2D eigenvalue weighted by atomic mass is 35.5. The Bertz CT molecular complexity index is 1060. The summed E-state index contributed by atoms with van der Waals surface area (Å²) in [6.07, 6.45) is 0. The summed E-state index contributed by atoms with van der Waals surface area (Å²) < 4.78 is 5.49. The molecule has 0 fully saturated rings. The molecule has 1 N–H and O–H groups in total. The number of hydrazone groups is 1. The van der Waals surface area contributed by atoms with Crippen LogP contribution in [0.25, 0.3) is 10.9 Å². The lowest BCUT2D eigenvalue weighted by atomic mass is 10.1. The quantitative estimate of drug-likeness (QED) is 0.480. The van der Waals surface area contributed by atoms with Gasteiger partial charge in [-0.15, -0.1) is 0 Å². The number of nitrogens with zero attached hydrogens (tertiary/aromatic N) is 3. The molecule has 0 aliphatic rings. The Kier molecular flexibility index (Phi) is 6.34. The Labute approximate surface area is 175 Å². The molecule has 0 saturated carbocycles. The first kappa shape index (κ1) is 20.6. The number of aryl methyl sites for hydroxylation is 1. The molecule has 1 heterocycles. The number of amides is 1. The maximum Gasteiger partial charge on any atom is 0.259 e. The highest BCUT2D eigenvalue weighted by molar-refractivity contribution is 6.31. The van der Waals surface area contributed by atoms with E-state index in [9.17, 15) is 4.79 Å². The van der Waals surface area contributed by atoms with Crippen molar-refractivity contribution in [3.05, 3.63) is 64.7 Å². The summed E-state index contributed by atoms with van der Waals surface area (Å²) in [6.45, 7) is 3.94. The molecule has 6 nitrogen and oxygen atoms in total. The lowest BCUT2D eigenvalue weighted by Crippen LogP contribution is -2.27. The number of nitrogens with one attached hydrogen (secondary N) is 1. The van der Waals surface area contributed by atoms with Crippen LogP contribution in [0.4, 0.5) is 5.82 Å². The van der Waals surface area contributed by atoms with E-state index in [1.54, 1.807) is 14.1 Å². The Morgan fingerprint density at radius 1 is 1.17 bits per heavy atom. The minimum Gasteiger partial charge on any atom is -0.484 e. The van der Waals surface area contributed by atoms with Crippen molar-refractivity contribution >= 4 is 39.9 Å². The van der Waals surface area contributed by atoms with Crippen molar-refractivity contribution in [1.29, 1.82) is 0 Å². The largest absolute Gasteiger partial charge is 0.484 e. The molecule has 2 aromatic carbocycles. The average molecular weight is 411 g/mol. The number of benzene rings is 2. The van der Waals surface area contributed by atoms with Crippen LogP contribution in [0.15, 0.2) is 53.6 Å². The van der Waals surface area contributed by atoms with Gasteiger partial charge in [-0.05, 0) is 73.5 Å². The number of anilines is 1. The number of rotatable bonds is 6. The molecule has 3 rings (SSSR count). The van der Waals surface area contributed by atoms with Gasteiger partial charge in [-0.3, -0.25) is 10.2 Å². The van der Waals surface area contributed by atoms with Crippen LogP contribution in [-0.2, 0) is 4.79 Å². The maximum atomic E-state index is 11.6. The van der Waals surface area contributed by atoms with Gasteiger partial charge in [0.1, 0.15) is 11.6 Å². The summed E-state index contributed by atoms with van der Waals surface area (Å²) in [5.74, 6) is 1.21. The van der Waals surface area contributed by atoms with Gasteiger partial charge in [0.15, 0.2) is 6.61 Å². The van der Waals surface area contributed by atoms with E-state index in [0.717, 1.165) is 27.7 Å². The minimum absolute atomic E-state index is 0.0131. The Morgan fingerprint density at radius 3 is 2.59 bits per heavy atom. The molecule has 0 spiro atoms. The molecule has 0 radical (unpaired) electrons. The third-order valence-electron chi connectivity index (χ3n) is 4.45. The number of hydrogen-bond donors (Lipinski definition) is 1. The summed E-state index contributed by atoms with van der Waals surface area (Å²) in [4.78, 5) is 17.7. The molecule has 0 aliphatic carbocycles. The molecule has 0 unspecified atom stereocenters. The second-order valence-corrected chi connectivity index (χ2v) is 7.33. The fourth-order valence-corrected chi connectivity index (χ4v) is 2.87. The molecule has 29 heavy (non-hydrogen) atoms. The molecule has 3 aromatic rings. The van der Waals surface area contributed by atoms with E-state index in [1.165, 1.54) is 4.90 Å². The lowest BCUT2D eigenvalue weighted by molar-refractivity contribution is -0.130.